The molecular weight excluding hydrogens is 314 g/mol. The van der Waals surface area contributed by atoms with Gasteiger partial charge in [0.15, 0.2) is 0 Å². The maximum atomic E-state index is 5.26. The van der Waals surface area contributed by atoms with E-state index in [1.165, 1.54) is 12.0 Å². The molecule has 0 saturated heterocycles. The highest BCUT2D eigenvalue weighted by molar-refractivity contribution is 9.11. The maximum Gasteiger partial charge on any atom is 0.115 e. The van der Waals surface area contributed by atoms with Gasteiger partial charge in [-0.3, -0.25) is 4.99 Å². The van der Waals surface area contributed by atoms with E-state index in [0.717, 1.165) is 10.0 Å². The monoisotopic (exact) mass is 323 g/mol. The second kappa shape index (κ2) is 9.50. The van der Waals surface area contributed by atoms with E-state index in [1.807, 2.05) is 30.3 Å². The zero-order valence-corrected chi connectivity index (χ0v) is 11.8. The molecule has 0 amide bonds. The van der Waals surface area contributed by atoms with Crippen LogP contribution in [0.1, 0.15) is 5.56 Å². The third-order valence-electron chi connectivity index (χ3n) is 1.73. The molecule has 1 aromatic rings. The summed E-state index contributed by atoms with van der Waals surface area (Å²) in [6.07, 6.45) is 8.09. The van der Waals surface area contributed by atoms with Crippen molar-refractivity contribution < 1.29 is 0 Å². The van der Waals surface area contributed by atoms with Crippen LogP contribution in [0.5, 0.6) is 0 Å². The van der Waals surface area contributed by atoms with Crippen LogP contribution < -0.4 is 0 Å². The van der Waals surface area contributed by atoms with Crippen LogP contribution in [0.15, 0.2) is 68.3 Å². The quantitative estimate of drug-likeness (QED) is 0.443. The number of halogens is 2. The van der Waals surface area contributed by atoms with E-state index in [4.69, 9.17) is 11.6 Å². The first-order valence-electron chi connectivity index (χ1n) is 5.07. The van der Waals surface area contributed by atoms with Gasteiger partial charge in [0.05, 0.1) is 5.67 Å². The minimum atomic E-state index is 0.774. The van der Waals surface area contributed by atoms with Gasteiger partial charge in [-0.2, -0.15) is 0 Å². The Morgan fingerprint density at radius 1 is 1.11 bits per heavy atom. The van der Waals surface area contributed by atoms with Crippen LogP contribution in [0.3, 0.4) is 0 Å². The molecule has 1 aromatic carbocycles. The molecule has 0 spiro atoms. The largest absolute Gasteiger partial charge is 0.252 e. The highest BCUT2D eigenvalue weighted by Crippen LogP contribution is 2.06. The molecule has 0 radical (unpaired) electrons. The highest BCUT2D eigenvalue weighted by atomic mass is 79.9. The van der Waals surface area contributed by atoms with Gasteiger partial charge < -0.3 is 0 Å². The van der Waals surface area contributed by atoms with Crippen LogP contribution in [0.2, 0.25) is 0 Å². The Morgan fingerprint density at radius 2 is 1.89 bits per heavy atom. The van der Waals surface area contributed by atoms with E-state index in [9.17, 15) is 0 Å². The van der Waals surface area contributed by atoms with Crippen LogP contribution in [0, 0.1) is 0 Å². The Hall–Kier alpha value is -1.52. The van der Waals surface area contributed by atoms with Gasteiger partial charge in [0.2, 0.25) is 0 Å². The fourth-order valence-electron chi connectivity index (χ4n) is 0.991. The molecule has 92 valence electrons. The number of rotatable bonds is 5. The zero-order valence-electron chi connectivity index (χ0n) is 9.45. The van der Waals surface area contributed by atoms with E-state index < -0.39 is 0 Å². The molecule has 0 aliphatic carbocycles. The normalized spacial score (nSPS) is 13.6. The Balaban J connectivity index is 2.46. The lowest BCUT2D eigenvalue weighted by Gasteiger charge is -1.87. The maximum absolute atomic E-state index is 5.26. The summed E-state index contributed by atoms with van der Waals surface area (Å²) in [4.78, 5) is 11.8. The van der Waals surface area contributed by atoms with Crippen molar-refractivity contribution in [2.24, 2.45) is 15.0 Å². The molecule has 0 heterocycles. The van der Waals surface area contributed by atoms with Gasteiger partial charge in [-0.25, -0.2) is 9.98 Å². The second-order valence-corrected chi connectivity index (χ2v) is 4.14. The predicted octanol–water partition coefficient (Wildman–Crippen LogP) is 4.15. The van der Waals surface area contributed by atoms with Crippen LogP contribution in [0.4, 0.5) is 0 Å². The molecule has 0 fully saturated rings. The van der Waals surface area contributed by atoms with Gasteiger partial charge in [0, 0.05) is 23.1 Å². The molecule has 0 unspecified atom stereocenters. The fraction of sp³-hybridized carbons (Fsp3) is 0. The van der Waals surface area contributed by atoms with Crippen molar-refractivity contribution >= 4 is 45.8 Å². The summed E-state index contributed by atoms with van der Waals surface area (Å²) in [5, 5.41) is 0. The zero-order chi connectivity index (χ0) is 13.1. The third-order valence-corrected chi connectivity index (χ3v) is 2.31. The van der Waals surface area contributed by atoms with Gasteiger partial charge >= 0.3 is 0 Å². The third kappa shape index (κ3) is 6.93. The first-order chi connectivity index (χ1) is 8.83. The summed E-state index contributed by atoms with van der Waals surface area (Å²) in [5.74, 6) is 0. The van der Waals surface area contributed by atoms with Crippen LogP contribution in [-0.2, 0) is 0 Å². The summed E-state index contributed by atoms with van der Waals surface area (Å²) < 4.78 is 0.774. The van der Waals surface area contributed by atoms with Crippen molar-refractivity contribution in [2.75, 3.05) is 0 Å². The predicted molar refractivity (Wildman–Crippen MR) is 83.0 cm³/mol. The van der Waals surface area contributed by atoms with Gasteiger partial charge in [0.1, 0.15) is 6.34 Å². The molecule has 0 atom stereocenters. The van der Waals surface area contributed by atoms with Crippen molar-refractivity contribution in [3.05, 3.63) is 58.9 Å². The van der Waals surface area contributed by atoms with E-state index >= 15 is 0 Å². The number of hydrogen-bond donors (Lipinski definition) is 0. The fourth-order valence-corrected chi connectivity index (χ4v) is 1.29. The van der Waals surface area contributed by atoms with Crippen molar-refractivity contribution in [2.45, 2.75) is 0 Å². The molecule has 0 saturated carbocycles. The van der Waals surface area contributed by atoms with Crippen molar-refractivity contribution in [1.82, 2.24) is 0 Å². The Labute approximate surface area is 119 Å². The average Bonchev–Trinajstić information content (AvgIpc) is 2.40. The Morgan fingerprint density at radius 3 is 2.61 bits per heavy atom. The molecule has 18 heavy (non-hydrogen) atoms. The Kier molecular flexibility index (Phi) is 7.68. The highest BCUT2D eigenvalue weighted by Gasteiger charge is 1.81. The minimum Gasteiger partial charge on any atom is -0.252 e. The summed E-state index contributed by atoms with van der Waals surface area (Å²) in [5.41, 5.74) is 2.22. The first kappa shape index (κ1) is 14.5. The number of benzene rings is 1. The molecule has 0 aliphatic heterocycles. The van der Waals surface area contributed by atoms with Gasteiger partial charge in [-0.1, -0.05) is 41.9 Å². The number of allylic oxidation sites excluding steroid dienone is 2. The van der Waals surface area contributed by atoms with E-state index in [1.54, 1.807) is 24.7 Å². The lowest BCUT2D eigenvalue weighted by atomic mass is 10.2. The summed E-state index contributed by atoms with van der Waals surface area (Å²) in [7, 11) is 0. The van der Waals surface area contributed by atoms with Gasteiger partial charge in [-0.05, 0) is 27.6 Å². The van der Waals surface area contributed by atoms with E-state index in [2.05, 4.69) is 30.9 Å². The van der Waals surface area contributed by atoms with Crippen molar-refractivity contribution in [1.29, 1.82) is 0 Å². The topological polar surface area (TPSA) is 37.1 Å². The molecule has 0 aromatic heterocycles. The van der Waals surface area contributed by atoms with Crippen molar-refractivity contribution in [3.8, 4) is 0 Å². The SMILES string of the molecule is Cl/C=N/C=C/C(Br)=C\N=C\N=C\c1ccccc1. The van der Waals surface area contributed by atoms with Crippen LogP contribution >= 0.6 is 27.5 Å². The number of nitrogens with zero attached hydrogens (tertiary/aromatic N) is 3. The standard InChI is InChI=1S/C13H11BrClN3/c14-13(6-7-16-10-15)9-18-11-17-8-12-4-2-1-3-5-12/h1-11H/b7-6+,13-9+,16-10+,17-8+,18-11+. The lowest BCUT2D eigenvalue weighted by Crippen LogP contribution is -1.78. The summed E-state index contributed by atoms with van der Waals surface area (Å²) >= 11 is 8.56. The van der Waals surface area contributed by atoms with Gasteiger partial charge in [0.25, 0.3) is 0 Å². The van der Waals surface area contributed by atoms with E-state index in [0.29, 0.717) is 0 Å². The first-order valence-corrected chi connectivity index (χ1v) is 6.30. The number of hydrogen-bond acceptors (Lipinski definition) is 2. The average molecular weight is 325 g/mol. The van der Waals surface area contributed by atoms with Gasteiger partial charge in [-0.15, -0.1) is 0 Å². The molecular formula is C13H11BrClN3. The molecule has 3 nitrogen and oxygen atoms in total. The minimum absolute atomic E-state index is 0.774. The number of aliphatic imine (C=N–C) groups is 3. The molecule has 0 bridgehead atoms. The molecule has 0 N–H and O–H groups in total. The van der Waals surface area contributed by atoms with E-state index in [-0.39, 0.29) is 0 Å². The lowest BCUT2D eigenvalue weighted by molar-refractivity contribution is 1.52. The summed E-state index contributed by atoms with van der Waals surface area (Å²) in [6.45, 7) is 0. The van der Waals surface area contributed by atoms with Crippen LogP contribution in [0.25, 0.3) is 0 Å². The summed E-state index contributed by atoms with van der Waals surface area (Å²) in [6, 6.07) is 9.81. The molecule has 5 heteroatoms. The Bertz CT molecular complexity index is 490. The molecule has 1 rings (SSSR count). The smallest absolute Gasteiger partial charge is 0.115 e. The van der Waals surface area contributed by atoms with Crippen LogP contribution in [-0.4, -0.2) is 18.2 Å². The van der Waals surface area contributed by atoms with Crippen molar-refractivity contribution in [3.63, 3.8) is 0 Å². The second-order valence-electron chi connectivity index (χ2n) is 3.03. The molecule has 0 aliphatic rings.